The van der Waals surface area contributed by atoms with Crippen molar-refractivity contribution in [2.45, 2.75) is 45.4 Å². The number of benzene rings is 1. The summed E-state index contributed by atoms with van der Waals surface area (Å²) < 4.78 is 0. The van der Waals surface area contributed by atoms with Crippen molar-refractivity contribution in [3.63, 3.8) is 0 Å². The molecule has 2 rings (SSSR count). The summed E-state index contributed by atoms with van der Waals surface area (Å²) in [6.45, 7) is 4.20. The van der Waals surface area contributed by atoms with Crippen LogP contribution < -0.4 is 0 Å². The summed E-state index contributed by atoms with van der Waals surface area (Å²) in [6.07, 6.45) is 6.05. The molecule has 0 saturated carbocycles. The summed E-state index contributed by atoms with van der Waals surface area (Å²) >= 11 is 0. The molecule has 0 radical (unpaired) electrons. The van der Waals surface area contributed by atoms with Gasteiger partial charge in [-0.05, 0) is 12.3 Å². The molecule has 22 heavy (non-hydrogen) atoms. The van der Waals surface area contributed by atoms with Gasteiger partial charge in [-0.15, -0.1) is 0 Å². The molecule has 0 amide bonds. The molecule has 0 aliphatic rings. The average Bonchev–Trinajstić information content (AvgIpc) is 2.55. The molecule has 1 aromatic carbocycles. The van der Waals surface area contributed by atoms with Crippen molar-refractivity contribution in [3.05, 3.63) is 47.8 Å². The predicted octanol–water partition coefficient (Wildman–Crippen LogP) is 4.53. The number of rotatable bonds is 7. The van der Waals surface area contributed by atoms with Crippen molar-refractivity contribution in [1.82, 2.24) is 9.97 Å². The largest absolute Gasteiger partial charge is 0.476 e. The number of hydrogen-bond acceptors (Lipinski definition) is 3. The first-order chi connectivity index (χ1) is 10.6. The SMILES string of the molecule is CCCCCC(C)c1cnc(-c2ccccc2)nc1C(=O)O. The Morgan fingerprint density at radius 1 is 1.23 bits per heavy atom. The first kappa shape index (κ1) is 16.1. The highest BCUT2D eigenvalue weighted by Gasteiger charge is 2.19. The molecular formula is C18H22N2O2. The Labute approximate surface area is 131 Å². The van der Waals surface area contributed by atoms with Crippen molar-refractivity contribution in [3.8, 4) is 11.4 Å². The van der Waals surface area contributed by atoms with Gasteiger partial charge in [0.1, 0.15) is 0 Å². The van der Waals surface area contributed by atoms with E-state index in [0.29, 0.717) is 5.82 Å². The lowest BCUT2D eigenvalue weighted by Gasteiger charge is -2.14. The van der Waals surface area contributed by atoms with Crippen LogP contribution in [-0.4, -0.2) is 21.0 Å². The van der Waals surface area contributed by atoms with Crippen LogP contribution >= 0.6 is 0 Å². The van der Waals surface area contributed by atoms with E-state index in [1.165, 1.54) is 0 Å². The van der Waals surface area contributed by atoms with E-state index in [0.717, 1.165) is 36.8 Å². The predicted molar refractivity (Wildman–Crippen MR) is 87.0 cm³/mol. The fourth-order valence-electron chi connectivity index (χ4n) is 2.51. The average molecular weight is 298 g/mol. The van der Waals surface area contributed by atoms with Gasteiger partial charge < -0.3 is 5.11 Å². The van der Waals surface area contributed by atoms with E-state index in [2.05, 4.69) is 16.9 Å². The lowest BCUT2D eigenvalue weighted by molar-refractivity contribution is 0.0688. The maximum absolute atomic E-state index is 11.5. The normalized spacial score (nSPS) is 12.1. The standard InChI is InChI=1S/C18H22N2O2/c1-3-4-6-9-13(2)15-12-19-17(20-16(15)18(21)22)14-10-7-5-8-11-14/h5,7-8,10-13H,3-4,6,9H2,1-2H3,(H,21,22). The van der Waals surface area contributed by atoms with E-state index in [1.54, 1.807) is 6.20 Å². The third kappa shape index (κ3) is 3.91. The molecule has 4 heteroatoms. The van der Waals surface area contributed by atoms with Gasteiger partial charge in [-0.3, -0.25) is 0 Å². The molecule has 2 aromatic rings. The molecule has 1 heterocycles. The quantitative estimate of drug-likeness (QED) is 0.763. The third-order valence-corrected chi connectivity index (χ3v) is 3.82. The van der Waals surface area contributed by atoms with Crippen LogP contribution in [0.2, 0.25) is 0 Å². The van der Waals surface area contributed by atoms with Crippen molar-refractivity contribution in [2.75, 3.05) is 0 Å². The van der Waals surface area contributed by atoms with Crippen LogP contribution in [0.15, 0.2) is 36.5 Å². The summed E-state index contributed by atoms with van der Waals surface area (Å²) in [4.78, 5) is 20.2. The van der Waals surface area contributed by atoms with E-state index in [4.69, 9.17) is 0 Å². The fraction of sp³-hybridized carbons (Fsp3) is 0.389. The Hall–Kier alpha value is -2.23. The van der Waals surface area contributed by atoms with Crippen molar-refractivity contribution in [2.24, 2.45) is 0 Å². The highest BCUT2D eigenvalue weighted by atomic mass is 16.4. The summed E-state index contributed by atoms with van der Waals surface area (Å²) in [6, 6.07) is 9.45. The van der Waals surface area contributed by atoms with Gasteiger partial charge in [-0.1, -0.05) is 63.4 Å². The molecule has 1 N–H and O–H groups in total. The van der Waals surface area contributed by atoms with Gasteiger partial charge in [0.15, 0.2) is 11.5 Å². The monoisotopic (exact) mass is 298 g/mol. The van der Waals surface area contributed by atoms with Gasteiger partial charge in [0.2, 0.25) is 0 Å². The van der Waals surface area contributed by atoms with E-state index in [-0.39, 0.29) is 11.6 Å². The number of carboxylic acid groups (broad SMARTS) is 1. The summed E-state index contributed by atoms with van der Waals surface area (Å²) in [7, 11) is 0. The number of carbonyl (C=O) groups is 1. The Bertz CT molecular complexity index is 626. The second kappa shape index (κ2) is 7.69. The highest BCUT2D eigenvalue weighted by molar-refractivity contribution is 5.87. The fourth-order valence-corrected chi connectivity index (χ4v) is 2.51. The van der Waals surface area contributed by atoms with Gasteiger partial charge in [0.05, 0.1) is 0 Å². The van der Waals surface area contributed by atoms with Crippen LogP contribution in [0.5, 0.6) is 0 Å². The van der Waals surface area contributed by atoms with E-state index in [9.17, 15) is 9.90 Å². The molecule has 0 fully saturated rings. The van der Waals surface area contributed by atoms with Crippen molar-refractivity contribution in [1.29, 1.82) is 0 Å². The molecule has 0 saturated heterocycles. The minimum atomic E-state index is -0.989. The third-order valence-electron chi connectivity index (χ3n) is 3.82. The van der Waals surface area contributed by atoms with Gasteiger partial charge in [-0.25, -0.2) is 14.8 Å². The highest BCUT2D eigenvalue weighted by Crippen LogP contribution is 2.25. The lowest BCUT2D eigenvalue weighted by Crippen LogP contribution is -2.10. The zero-order chi connectivity index (χ0) is 15.9. The van der Waals surface area contributed by atoms with E-state index < -0.39 is 5.97 Å². The molecular weight excluding hydrogens is 276 g/mol. The molecule has 0 aliphatic carbocycles. The molecule has 1 atom stereocenters. The van der Waals surface area contributed by atoms with Crippen molar-refractivity contribution < 1.29 is 9.90 Å². The first-order valence-corrected chi connectivity index (χ1v) is 7.79. The molecule has 4 nitrogen and oxygen atoms in total. The van der Waals surface area contributed by atoms with E-state index >= 15 is 0 Å². The Balaban J connectivity index is 2.30. The van der Waals surface area contributed by atoms with Crippen LogP contribution in [0.3, 0.4) is 0 Å². The molecule has 1 aromatic heterocycles. The number of carboxylic acids is 1. The number of hydrogen-bond donors (Lipinski definition) is 1. The van der Waals surface area contributed by atoms with Gasteiger partial charge in [-0.2, -0.15) is 0 Å². The summed E-state index contributed by atoms with van der Waals surface area (Å²) in [5, 5.41) is 9.47. The van der Waals surface area contributed by atoms with Gasteiger partial charge in [0.25, 0.3) is 0 Å². The molecule has 0 bridgehead atoms. The zero-order valence-corrected chi connectivity index (χ0v) is 13.1. The minimum Gasteiger partial charge on any atom is -0.476 e. The number of aromatic nitrogens is 2. The number of unbranched alkanes of at least 4 members (excludes halogenated alkanes) is 2. The Kier molecular flexibility index (Phi) is 5.64. The van der Waals surface area contributed by atoms with Crippen LogP contribution in [0, 0.1) is 0 Å². The maximum Gasteiger partial charge on any atom is 0.354 e. The molecule has 0 spiro atoms. The minimum absolute atomic E-state index is 0.123. The summed E-state index contributed by atoms with van der Waals surface area (Å²) in [5.41, 5.74) is 1.68. The van der Waals surface area contributed by atoms with E-state index in [1.807, 2.05) is 37.3 Å². The van der Waals surface area contributed by atoms with Gasteiger partial charge >= 0.3 is 5.97 Å². The molecule has 116 valence electrons. The molecule has 0 aliphatic heterocycles. The second-order valence-corrected chi connectivity index (χ2v) is 5.57. The second-order valence-electron chi connectivity index (χ2n) is 5.57. The molecule has 1 unspecified atom stereocenters. The van der Waals surface area contributed by atoms with Crippen LogP contribution in [0.25, 0.3) is 11.4 Å². The Morgan fingerprint density at radius 2 is 1.95 bits per heavy atom. The zero-order valence-electron chi connectivity index (χ0n) is 13.1. The lowest BCUT2D eigenvalue weighted by atomic mass is 9.94. The number of aromatic carboxylic acids is 1. The van der Waals surface area contributed by atoms with Crippen LogP contribution in [0.4, 0.5) is 0 Å². The van der Waals surface area contributed by atoms with Crippen LogP contribution in [-0.2, 0) is 0 Å². The smallest absolute Gasteiger partial charge is 0.354 e. The maximum atomic E-state index is 11.5. The summed E-state index contributed by atoms with van der Waals surface area (Å²) in [5.74, 6) is -0.373. The van der Waals surface area contributed by atoms with Crippen LogP contribution in [0.1, 0.15) is 61.5 Å². The topological polar surface area (TPSA) is 63.1 Å². The van der Waals surface area contributed by atoms with Crippen molar-refractivity contribution >= 4 is 5.97 Å². The number of nitrogens with zero attached hydrogens (tertiary/aromatic N) is 2. The van der Waals surface area contributed by atoms with Gasteiger partial charge in [0, 0.05) is 17.3 Å². The first-order valence-electron chi connectivity index (χ1n) is 7.79. The Morgan fingerprint density at radius 3 is 2.59 bits per heavy atom.